The van der Waals surface area contributed by atoms with E-state index in [1.54, 1.807) is 35.2 Å². The third kappa shape index (κ3) is 3.42. The summed E-state index contributed by atoms with van der Waals surface area (Å²) in [6.45, 7) is 0.981. The standard InChI is InChI=1S/C14H16N2O3/c15-14(19)11-4-1-10(2-5-11)3-6-13(18)16-8-7-12(17)9-16/h1-6,12,17H,7-9H2,(H2,15,19). The number of aliphatic hydroxyl groups is 1. The number of aliphatic hydroxyl groups excluding tert-OH is 1. The van der Waals surface area contributed by atoms with E-state index in [9.17, 15) is 14.7 Å². The van der Waals surface area contributed by atoms with Gasteiger partial charge in [0.1, 0.15) is 0 Å². The number of amides is 2. The van der Waals surface area contributed by atoms with E-state index in [-0.39, 0.29) is 5.91 Å². The molecular weight excluding hydrogens is 244 g/mol. The summed E-state index contributed by atoms with van der Waals surface area (Å²) < 4.78 is 0. The Morgan fingerprint density at radius 1 is 1.32 bits per heavy atom. The van der Waals surface area contributed by atoms with Crippen LogP contribution in [-0.2, 0) is 4.79 Å². The van der Waals surface area contributed by atoms with Gasteiger partial charge in [-0.25, -0.2) is 0 Å². The SMILES string of the molecule is NC(=O)c1ccc(C=CC(=O)N2CCC(O)C2)cc1. The van der Waals surface area contributed by atoms with Gasteiger partial charge in [0.25, 0.3) is 0 Å². The maximum Gasteiger partial charge on any atom is 0.248 e. The minimum absolute atomic E-state index is 0.115. The zero-order chi connectivity index (χ0) is 13.8. The minimum Gasteiger partial charge on any atom is -0.391 e. The molecule has 1 aliphatic heterocycles. The molecule has 0 aromatic heterocycles. The molecule has 2 amide bonds. The van der Waals surface area contributed by atoms with E-state index >= 15 is 0 Å². The highest BCUT2D eigenvalue weighted by Crippen LogP contribution is 2.10. The Morgan fingerprint density at radius 3 is 2.53 bits per heavy atom. The second-order valence-electron chi connectivity index (χ2n) is 4.55. The molecule has 1 aliphatic rings. The Morgan fingerprint density at radius 2 is 2.00 bits per heavy atom. The van der Waals surface area contributed by atoms with Crippen molar-refractivity contribution in [2.75, 3.05) is 13.1 Å². The Bertz CT molecular complexity index is 508. The molecular formula is C14H16N2O3. The first-order valence-corrected chi connectivity index (χ1v) is 6.11. The number of nitrogens with two attached hydrogens (primary N) is 1. The highest BCUT2D eigenvalue weighted by atomic mass is 16.3. The number of primary amides is 1. The molecule has 1 atom stereocenters. The molecule has 5 nitrogen and oxygen atoms in total. The van der Waals surface area contributed by atoms with Crippen LogP contribution in [0.15, 0.2) is 30.3 Å². The van der Waals surface area contributed by atoms with Gasteiger partial charge in [-0.05, 0) is 30.2 Å². The molecule has 19 heavy (non-hydrogen) atoms. The smallest absolute Gasteiger partial charge is 0.248 e. The fourth-order valence-electron chi connectivity index (χ4n) is 1.97. The molecule has 1 aromatic carbocycles. The average Bonchev–Trinajstić information content (AvgIpc) is 2.83. The van der Waals surface area contributed by atoms with Crippen molar-refractivity contribution in [3.8, 4) is 0 Å². The van der Waals surface area contributed by atoms with Crippen LogP contribution in [0.1, 0.15) is 22.3 Å². The van der Waals surface area contributed by atoms with Crippen LogP contribution >= 0.6 is 0 Å². The monoisotopic (exact) mass is 260 g/mol. The van der Waals surface area contributed by atoms with E-state index in [0.29, 0.717) is 25.1 Å². The first kappa shape index (κ1) is 13.3. The summed E-state index contributed by atoms with van der Waals surface area (Å²) in [6, 6.07) is 6.68. The molecule has 0 saturated carbocycles. The predicted molar refractivity (Wildman–Crippen MR) is 71.2 cm³/mol. The van der Waals surface area contributed by atoms with Gasteiger partial charge in [0.2, 0.25) is 11.8 Å². The lowest BCUT2D eigenvalue weighted by molar-refractivity contribution is -0.125. The molecule has 1 aromatic rings. The van der Waals surface area contributed by atoms with E-state index in [1.807, 2.05) is 0 Å². The highest BCUT2D eigenvalue weighted by molar-refractivity contribution is 5.94. The summed E-state index contributed by atoms with van der Waals surface area (Å²) in [6.07, 6.45) is 3.37. The summed E-state index contributed by atoms with van der Waals surface area (Å²) in [5.41, 5.74) is 6.39. The second kappa shape index (κ2) is 5.67. The van der Waals surface area contributed by atoms with Crippen molar-refractivity contribution < 1.29 is 14.7 Å². The number of carbonyl (C=O) groups excluding carboxylic acids is 2. The third-order valence-electron chi connectivity index (χ3n) is 3.09. The number of β-amino-alcohol motifs (C(OH)–C–C–N with tert-alkyl or cyclic N) is 1. The number of hydrogen-bond donors (Lipinski definition) is 2. The molecule has 1 fully saturated rings. The van der Waals surface area contributed by atoms with Crippen molar-refractivity contribution in [1.29, 1.82) is 0 Å². The van der Waals surface area contributed by atoms with Crippen LogP contribution < -0.4 is 5.73 Å². The molecule has 0 aliphatic carbocycles. The number of carbonyl (C=O) groups is 2. The van der Waals surface area contributed by atoms with E-state index in [2.05, 4.69) is 0 Å². The molecule has 5 heteroatoms. The van der Waals surface area contributed by atoms with E-state index in [1.165, 1.54) is 6.08 Å². The van der Waals surface area contributed by atoms with E-state index in [4.69, 9.17) is 5.73 Å². The van der Waals surface area contributed by atoms with Gasteiger partial charge in [-0.3, -0.25) is 9.59 Å². The number of benzene rings is 1. The summed E-state index contributed by atoms with van der Waals surface area (Å²) in [7, 11) is 0. The molecule has 0 spiro atoms. The number of hydrogen-bond acceptors (Lipinski definition) is 3. The Balaban J connectivity index is 1.98. The summed E-state index contributed by atoms with van der Waals surface area (Å²) in [5.74, 6) is -0.590. The van der Waals surface area contributed by atoms with Crippen molar-refractivity contribution >= 4 is 17.9 Å². The first-order chi connectivity index (χ1) is 9.06. The normalized spacial score (nSPS) is 19.0. The van der Waals surface area contributed by atoms with Crippen LogP contribution in [-0.4, -0.2) is 41.0 Å². The molecule has 1 heterocycles. The molecule has 1 saturated heterocycles. The Hall–Kier alpha value is -2.14. The van der Waals surface area contributed by atoms with Gasteiger partial charge in [0.15, 0.2) is 0 Å². The molecule has 100 valence electrons. The van der Waals surface area contributed by atoms with E-state index < -0.39 is 12.0 Å². The topological polar surface area (TPSA) is 83.6 Å². The third-order valence-corrected chi connectivity index (χ3v) is 3.09. The average molecular weight is 260 g/mol. The number of likely N-dealkylation sites (tertiary alicyclic amines) is 1. The summed E-state index contributed by atoms with van der Waals surface area (Å²) in [4.78, 5) is 24.3. The first-order valence-electron chi connectivity index (χ1n) is 6.11. The molecule has 0 bridgehead atoms. The lowest BCUT2D eigenvalue weighted by atomic mass is 10.1. The lowest BCUT2D eigenvalue weighted by Crippen LogP contribution is -2.27. The van der Waals surface area contributed by atoms with Gasteiger partial charge >= 0.3 is 0 Å². The quantitative estimate of drug-likeness (QED) is 0.771. The maximum atomic E-state index is 11.8. The van der Waals surface area contributed by atoms with Crippen LogP contribution in [0.4, 0.5) is 0 Å². The molecule has 0 radical (unpaired) electrons. The van der Waals surface area contributed by atoms with Crippen LogP contribution in [0.2, 0.25) is 0 Å². The molecule has 2 rings (SSSR count). The van der Waals surface area contributed by atoms with Gasteiger partial charge in [-0.1, -0.05) is 12.1 Å². The fourth-order valence-corrected chi connectivity index (χ4v) is 1.97. The van der Waals surface area contributed by atoms with Crippen molar-refractivity contribution in [2.45, 2.75) is 12.5 Å². The minimum atomic E-state index is -0.474. The Kier molecular flexibility index (Phi) is 3.97. The van der Waals surface area contributed by atoms with Crippen molar-refractivity contribution in [3.05, 3.63) is 41.5 Å². The predicted octanol–water partition coefficient (Wildman–Crippen LogP) is 0.392. The molecule has 1 unspecified atom stereocenters. The van der Waals surface area contributed by atoms with Crippen LogP contribution in [0.25, 0.3) is 6.08 Å². The van der Waals surface area contributed by atoms with Gasteiger partial charge in [-0.2, -0.15) is 0 Å². The summed E-state index contributed by atoms with van der Waals surface area (Å²) >= 11 is 0. The Labute approximate surface area is 111 Å². The number of rotatable bonds is 3. The van der Waals surface area contributed by atoms with Crippen LogP contribution in [0.5, 0.6) is 0 Å². The zero-order valence-electron chi connectivity index (χ0n) is 10.5. The van der Waals surface area contributed by atoms with Gasteiger partial charge in [0.05, 0.1) is 6.10 Å². The van der Waals surface area contributed by atoms with E-state index in [0.717, 1.165) is 5.56 Å². The number of nitrogens with zero attached hydrogens (tertiary/aromatic N) is 1. The van der Waals surface area contributed by atoms with Crippen molar-refractivity contribution in [2.24, 2.45) is 5.73 Å². The maximum absolute atomic E-state index is 11.8. The highest BCUT2D eigenvalue weighted by Gasteiger charge is 2.22. The fraction of sp³-hybridized carbons (Fsp3) is 0.286. The lowest BCUT2D eigenvalue weighted by Gasteiger charge is -2.12. The van der Waals surface area contributed by atoms with Gasteiger partial charge < -0.3 is 15.7 Å². The van der Waals surface area contributed by atoms with Gasteiger partial charge in [0, 0.05) is 24.7 Å². The molecule has 3 N–H and O–H groups in total. The van der Waals surface area contributed by atoms with Crippen molar-refractivity contribution in [3.63, 3.8) is 0 Å². The van der Waals surface area contributed by atoms with Crippen LogP contribution in [0, 0.1) is 0 Å². The van der Waals surface area contributed by atoms with Crippen molar-refractivity contribution in [1.82, 2.24) is 4.90 Å². The van der Waals surface area contributed by atoms with Crippen LogP contribution in [0.3, 0.4) is 0 Å². The zero-order valence-corrected chi connectivity index (χ0v) is 10.5. The van der Waals surface area contributed by atoms with Gasteiger partial charge in [-0.15, -0.1) is 0 Å². The largest absolute Gasteiger partial charge is 0.391 e. The summed E-state index contributed by atoms with van der Waals surface area (Å²) in [5, 5.41) is 9.35. The second-order valence-corrected chi connectivity index (χ2v) is 4.55.